The molecule has 1 aromatic carbocycles. The second-order valence-corrected chi connectivity index (χ2v) is 7.54. The Labute approximate surface area is 157 Å². The van der Waals surface area contributed by atoms with Crippen molar-refractivity contribution >= 4 is 17.4 Å². The monoisotopic (exact) mass is 369 g/mol. The number of rotatable bonds is 6. The molecule has 1 unspecified atom stereocenters. The molecule has 26 heavy (non-hydrogen) atoms. The number of benzene rings is 1. The van der Waals surface area contributed by atoms with Crippen LogP contribution in [-0.4, -0.2) is 11.0 Å². The molecule has 2 N–H and O–H groups in total. The molecule has 0 spiro atoms. The molecule has 2 heterocycles. The van der Waals surface area contributed by atoms with Crippen molar-refractivity contribution in [3.05, 3.63) is 64.2 Å². The van der Waals surface area contributed by atoms with E-state index in [0.29, 0.717) is 12.3 Å². The molecule has 3 rings (SSSR count). The van der Waals surface area contributed by atoms with Gasteiger partial charge in [0, 0.05) is 5.38 Å². The van der Waals surface area contributed by atoms with Crippen molar-refractivity contribution in [2.75, 3.05) is 0 Å². The van der Waals surface area contributed by atoms with Gasteiger partial charge in [-0.1, -0.05) is 44.2 Å². The second kappa shape index (κ2) is 8.19. The highest BCUT2D eigenvalue weighted by atomic mass is 32.1. The minimum atomic E-state index is -0.213. The van der Waals surface area contributed by atoms with E-state index in [0.717, 1.165) is 22.0 Å². The van der Waals surface area contributed by atoms with E-state index in [-0.39, 0.29) is 18.0 Å². The Balaban J connectivity index is 1.57. The van der Waals surface area contributed by atoms with Gasteiger partial charge in [-0.3, -0.25) is 0 Å². The summed E-state index contributed by atoms with van der Waals surface area (Å²) >= 11 is 1.58. The Morgan fingerprint density at radius 3 is 2.62 bits per heavy atom. The summed E-state index contributed by atoms with van der Waals surface area (Å²) < 4.78 is 5.77. The Hall–Kier alpha value is -2.60. The summed E-state index contributed by atoms with van der Waals surface area (Å²) in [4.78, 5) is 16.7. The quantitative estimate of drug-likeness (QED) is 0.649. The number of hydrogen-bond donors (Lipinski definition) is 2. The van der Waals surface area contributed by atoms with Gasteiger partial charge in [-0.25, -0.2) is 9.78 Å². The van der Waals surface area contributed by atoms with Crippen molar-refractivity contribution in [2.45, 2.75) is 33.4 Å². The van der Waals surface area contributed by atoms with Gasteiger partial charge in [-0.05, 0) is 30.5 Å². The lowest BCUT2D eigenvalue weighted by Crippen LogP contribution is -2.39. The molecule has 3 aromatic rings. The molecule has 0 saturated heterocycles. The van der Waals surface area contributed by atoms with E-state index in [9.17, 15) is 4.79 Å². The fraction of sp³-hybridized carbons (Fsp3) is 0.300. The first-order chi connectivity index (χ1) is 12.5. The van der Waals surface area contributed by atoms with Gasteiger partial charge < -0.3 is 15.1 Å². The number of aromatic nitrogens is 1. The third kappa shape index (κ3) is 4.52. The third-order valence-electron chi connectivity index (χ3n) is 4.07. The van der Waals surface area contributed by atoms with Crippen molar-refractivity contribution < 1.29 is 9.21 Å². The van der Waals surface area contributed by atoms with Crippen LogP contribution >= 0.6 is 11.3 Å². The van der Waals surface area contributed by atoms with Gasteiger partial charge in [-0.15, -0.1) is 11.3 Å². The average Bonchev–Trinajstić information content (AvgIpc) is 3.27. The molecule has 0 bridgehead atoms. The van der Waals surface area contributed by atoms with Gasteiger partial charge in [0.1, 0.15) is 11.5 Å². The van der Waals surface area contributed by atoms with Gasteiger partial charge in [0.15, 0.2) is 5.76 Å². The number of thiazole rings is 1. The number of amides is 2. The van der Waals surface area contributed by atoms with E-state index in [1.807, 2.05) is 54.8 Å². The summed E-state index contributed by atoms with van der Waals surface area (Å²) in [6.45, 7) is 6.47. The van der Waals surface area contributed by atoms with Crippen LogP contribution in [0.1, 0.15) is 36.2 Å². The maximum Gasteiger partial charge on any atom is 0.315 e. The van der Waals surface area contributed by atoms with Crippen LogP contribution < -0.4 is 10.6 Å². The first kappa shape index (κ1) is 18.2. The number of nitrogens with zero attached hydrogens (tertiary/aromatic N) is 1. The number of hydrogen-bond acceptors (Lipinski definition) is 4. The van der Waals surface area contributed by atoms with Crippen LogP contribution in [0.15, 0.2) is 52.3 Å². The third-order valence-corrected chi connectivity index (χ3v) is 4.84. The highest BCUT2D eigenvalue weighted by Gasteiger charge is 2.18. The summed E-state index contributed by atoms with van der Waals surface area (Å²) in [6.07, 6.45) is 0. The fourth-order valence-corrected chi connectivity index (χ4v) is 3.34. The van der Waals surface area contributed by atoms with Crippen LogP contribution in [0, 0.1) is 12.8 Å². The second-order valence-electron chi connectivity index (χ2n) is 6.48. The summed E-state index contributed by atoms with van der Waals surface area (Å²) in [6, 6.07) is 13.5. The van der Waals surface area contributed by atoms with E-state index >= 15 is 0 Å². The van der Waals surface area contributed by atoms with Crippen LogP contribution in [0.5, 0.6) is 0 Å². The Morgan fingerprint density at radius 2 is 1.96 bits per heavy atom. The van der Waals surface area contributed by atoms with E-state index in [4.69, 9.17) is 4.42 Å². The van der Waals surface area contributed by atoms with Gasteiger partial charge >= 0.3 is 6.03 Å². The minimum Gasteiger partial charge on any atom is -0.458 e. The Bertz CT molecular complexity index is 855. The predicted octanol–water partition coefficient (Wildman–Crippen LogP) is 4.91. The summed E-state index contributed by atoms with van der Waals surface area (Å²) in [7, 11) is 0. The maximum atomic E-state index is 12.3. The van der Waals surface area contributed by atoms with Gasteiger partial charge in [0.05, 0.1) is 17.6 Å². The van der Waals surface area contributed by atoms with Crippen LogP contribution in [0.4, 0.5) is 4.79 Å². The molecule has 6 heteroatoms. The van der Waals surface area contributed by atoms with E-state index < -0.39 is 0 Å². The lowest BCUT2D eigenvalue weighted by atomic mass is 9.96. The number of carbonyl (C=O) groups is 1. The lowest BCUT2D eigenvalue weighted by molar-refractivity contribution is 0.232. The normalized spacial score (nSPS) is 12.2. The molecule has 0 aliphatic heterocycles. The SMILES string of the molecule is Cc1nc(-c2ccc(CNC(=O)NC(c3ccccc3)C(C)C)o2)cs1. The van der Waals surface area contributed by atoms with Crippen LogP contribution in [-0.2, 0) is 6.54 Å². The van der Waals surface area contributed by atoms with Gasteiger partial charge in [-0.2, -0.15) is 0 Å². The van der Waals surface area contributed by atoms with Crippen molar-refractivity contribution in [3.63, 3.8) is 0 Å². The molecular formula is C20H23N3O2S. The fourth-order valence-electron chi connectivity index (χ4n) is 2.74. The standard InChI is InChI=1S/C20H23N3O2S/c1-13(2)19(15-7-5-4-6-8-15)23-20(24)21-11-16-9-10-18(25-16)17-12-26-14(3)22-17/h4-10,12-13,19H,11H2,1-3H3,(H2,21,23,24). The average molecular weight is 369 g/mol. The Kier molecular flexibility index (Phi) is 5.73. The first-order valence-corrected chi connectivity index (χ1v) is 9.51. The maximum absolute atomic E-state index is 12.3. The van der Waals surface area contributed by atoms with Crippen LogP contribution in [0.2, 0.25) is 0 Å². The van der Waals surface area contributed by atoms with Crippen molar-refractivity contribution in [1.82, 2.24) is 15.6 Å². The molecule has 0 radical (unpaired) electrons. The lowest BCUT2D eigenvalue weighted by Gasteiger charge is -2.23. The first-order valence-electron chi connectivity index (χ1n) is 8.63. The molecule has 136 valence electrons. The molecule has 0 saturated carbocycles. The van der Waals surface area contributed by atoms with Crippen molar-refractivity contribution in [2.24, 2.45) is 5.92 Å². The van der Waals surface area contributed by atoms with Crippen molar-refractivity contribution in [3.8, 4) is 11.5 Å². The van der Waals surface area contributed by atoms with Crippen molar-refractivity contribution in [1.29, 1.82) is 0 Å². The zero-order valence-corrected chi connectivity index (χ0v) is 16.0. The summed E-state index contributed by atoms with van der Waals surface area (Å²) in [5.41, 5.74) is 1.92. The topological polar surface area (TPSA) is 67.2 Å². The zero-order chi connectivity index (χ0) is 18.5. The number of carbonyl (C=O) groups excluding carboxylic acids is 1. The smallest absolute Gasteiger partial charge is 0.315 e. The number of furan rings is 1. The molecule has 2 aromatic heterocycles. The highest BCUT2D eigenvalue weighted by molar-refractivity contribution is 7.09. The summed E-state index contributed by atoms with van der Waals surface area (Å²) in [5.74, 6) is 1.70. The predicted molar refractivity (Wildman–Crippen MR) is 104 cm³/mol. The molecule has 0 fully saturated rings. The van der Waals surface area contributed by atoms with Crippen LogP contribution in [0.25, 0.3) is 11.5 Å². The number of nitrogens with one attached hydrogen (secondary N) is 2. The van der Waals surface area contributed by atoms with E-state index in [1.54, 1.807) is 11.3 Å². The zero-order valence-electron chi connectivity index (χ0n) is 15.2. The largest absolute Gasteiger partial charge is 0.458 e. The van der Waals surface area contributed by atoms with Gasteiger partial charge in [0.25, 0.3) is 0 Å². The molecule has 0 aliphatic rings. The van der Waals surface area contributed by atoms with E-state index in [1.165, 1.54) is 0 Å². The molecule has 1 atom stereocenters. The van der Waals surface area contributed by atoms with E-state index in [2.05, 4.69) is 29.5 Å². The van der Waals surface area contributed by atoms with Crippen LogP contribution in [0.3, 0.4) is 0 Å². The number of aryl methyl sites for hydroxylation is 1. The highest BCUT2D eigenvalue weighted by Crippen LogP contribution is 2.24. The Morgan fingerprint density at radius 1 is 1.19 bits per heavy atom. The molecule has 2 amide bonds. The summed E-state index contributed by atoms with van der Waals surface area (Å²) in [5, 5.41) is 8.86. The van der Waals surface area contributed by atoms with Gasteiger partial charge in [0.2, 0.25) is 0 Å². The number of urea groups is 1. The molecule has 5 nitrogen and oxygen atoms in total. The molecular weight excluding hydrogens is 346 g/mol. The molecule has 0 aliphatic carbocycles. The minimum absolute atomic E-state index is 0.0404.